The van der Waals surface area contributed by atoms with Crippen molar-refractivity contribution in [1.29, 1.82) is 0 Å². The van der Waals surface area contributed by atoms with Crippen molar-refractivity contribution < 1.29 is 5.11 Å². The van der Waals surface area contributed by atoms with Crippen LogP contribution in [0.1, 0.15) is 37.9 Å². The molecule has 0 radical (unpaired) electrons. The predicted octanol–water partition coefficient (Wildman–Crippen LogP) is 3.67. The predicted molar refractivity (Wildman–Crippen MR) is 58.6 cm³/mol. The summed E-state index contributed by atoms with van der Waals surface area (Å²) in [5.41, 5.74) is 1.00. The van der Waals surface area contributed by atoms with Crippen LogP contribution in [-0.2, 0) is 0 Å². The second-order valence-corrected chi connectivity index (χ2v) is 4.13. The molecule has 0 spiro atoms. The van der Waals surface area contributed by atoms with Crippen LogP contribution in [0, 0.1) is 0 Å². The zero-order valence-corrected chi connectivity index (χ0v) is 9.42. The number of aliphatic hydroxyl groups excluding tert-OH is 1. The second kappa shape index (κ2) is 5.40. The van der Waals surface area contributed by atoms with Crippen LogP contribution in [0.5, 0.6) is 0 Å². The fourth-order valence-electron chi connectivity index (χ4n) is 1.28. The Bertz CT molecular complexity index is 260. The molecule has 1 N–H and O–H groups in total. The SMILES string of the molecule is CCCC[C@H](O)c1cccc(Br)c1. The van der Waals surface area contributed by atoms with Crippen molar-refractivity contribution in [3.63, 3.8) is 0 Å². The van der Waals surface area contributed by atoms with Crippen LogP contribution in [0.25, 0.3) is 0 Å². The molecule has 1 aromatic carbocycles. The van der Waals surface area contributed by atoms with Gasteiger partial charge in [-0.2, -0.15) is 0 Å². The maximum absolute atomic E-state index is 9.76. The summed E-state index contributed by atoms with van der Waals surface area (Å²) < 4.78 is 1.03. The minimum atomic E-state index is -0.308. The Labute approximate surface area is 87.9 Å². The molecule has 1 atom stereocenters. The topological polar surface area (TPSA) is 20.2 Å². The van der Waals surface area contributed by atoms with Gasteiger partial charge in [0.25, 0.3) is 0 Å². The van der Waals surface area contributed by atoms with Gasteiger partial charge in [-0.05, 0) is 24.1 Å². The van der Waals surface area contributed by atoms with Crippen LogP contribution < -0.4 is 0 Å². The highest BCUT2D eigenvalue weighted by Gasteiger charge is 2.05. The first-order valence-corrected chi connectivity index (χ1v) is 5.47. The monoisotopic (exact) mass is 242 g/mol. The Kier molecular flexibility index (Phi) is 4.46. The van der Waals surface area contributed by atoms with Gasteiger partial charge in [0.1, 0.15) is 0 Å². The van der Waals surface area contributed by atoms with Crippen LogP contribution in [-0.4, -0.2) is 5.11 Å². The van der Waals surface area contributed by atoms with E-state index in [0.29, 0.717) is 0 Å². The number of benzene rings is 1. The van der Waals surface area contributed by atoms with Gasteiger partial charge in [-0.25, -0.2) is 0 Å². The van der Waals surface area contributed by atoms with Crippen LogP contribution in [0.3, 0.4) is 0 Å². The summed E-state index contributed by atoms with van der Waals surface area (Å²) in [6.45, 7) is 2.13. The molecule has 1 rings (SSSR count). The molecule has 0 heterocycles. The van der Waals surface area contributed by atoms with E-state index in [0.717, 1.165) is 29.3 Å². The molecule has 0 saturated heterocycles. The lowest BCUT2D eigenvalue weighted by molar-refractivity contribution is 0.164. The molecule has 0 aliphatic rings. The molecule has 0 bridgehead atoms. The van der Waals surface area contributed by atoms with Crippen molar-refractivity contribution in [3.05, 3.63) is 34.3 Å². The Balaban J connectivity index is 2.60. The van der Waals surface area contributed by atoms with Crippen molar-refractivity contribution in [3.8, 4) is 0 Å². The largest absolute Gasteiger partial charge is 0.388 e. The van der Waals surface area contributed by atoms with E-state index in [-0.39, 0.29) is 6.10 Å². The fraction of sp³-hybridized carbons (Fsp3) is 0.455. The number of hydrogen-bond acceptors (Lipinski definition) is 1. The minimum Gasteiger partial charge on any atom is -0.388 e. The van der Waals surface area contributed by atoms with E-state index in [1.165, 1.54) is 0 Å². The average Bonchev–Trinajstić information content (AvgIpc) is 2.14. The molecule has 0 amide bonds. The van der Waals surface area contributed by atoms with E-state index in [2.05, 4.69) is 22.9 Å². The average molecular weight is 243 g/mol. The third-order valence-electron chi connectivity index (χ3n) is 2.06. The lowest BCUT2D eigenvalue weighted by Crippen LogP contribution is -1.96. The molecule has 0 saturated carbocycles. The summed E-state index contributed by atoms with van der Waals surface area (Å²) in [5.74, 6) is 0. The van der Waals surface area contributed by atoms with Crippen molar-refractivity contribution in [2.24, 2.45) is 0 Å². The quantitative estimate of drug-likeness (QED) is 0.855. The summed E-state index contributed by atoms with van der Waals surface area (Å²) in [5, 5.41) is 9.76. The van der Waals surface area contributed by atoms with E-state index in [9.17, 15) is 5.11 Å². The summed E-state index contributed by atoms with van der Waals surface area (Å²) >= 11 is 3.39. The number of rotatable bonds is 4. The first kappa shape index (κ1) is 10.7. The lowest BCUT2D eigenvalue weighted by Gasteiger charge is -2.10. The number of halogens is 1. The van der Waals surface area contributed by atoms with Crippen LogP contribution in [0.15, 0.2) is 28.7 Å². The third kappa shape index (κ3) is 3.49. The molecule has 0 fully saturated rings. The fourth-order valence-corrected chi connectivity index (χ4v) is 1.69. The van der Waals surface area contributed by atoms with E-state index < -0.39 is 0 Å². The van der Waals surface area contributed by atoms with Gasteiger partial charge in [0.2, 0.25) is 0 Å². The molecule has 72 valence electrons. The standard InChI is InChI=1S/C11H15BrO/c1-2-3-7-11(13)9-5-4-6-10(12)8-9/h4-6,8,11,13H,2-3,7H2,1H3/t11-/m0/s1. The second-order valence-electron chi connectivity index (χ2n) is 3.21. The highest BCUT2D eigenvalue weighted by Crippen LogP contribution is 2.21. The number of aliphatic hydroxyl groups is 1. The van der Waals surface area contributed by atoms with Crippen molar-refractivity contribution >= 4 is 15.9 Å². The van der Waals surface area contributed by atoms with Crippen molar-refractivity contribution in [2.75, 3.05) is 0 Å². The molecule has 1 nitrogen and oxygen atoms in total. The Morgan fingerprint density at radius 3 is 2.85 bits per heavy atom. The highest BCUT2D eigenvalue weighted by molar-refractivity contribution is 9.10. The van der Waals surface area contributed by atoms with Crippen LogP contribution in [0.4, 0.5) is 0 Å². The van der Waals surface area contributed by atoms with Crippen molar-refractivity contribution in [1.82, 2.24) is 0 Å². The van der Waals surface area contributed by atoms with E-state index in [4.69, 9.17) is 0 Å². The van der Waals surface area contributed by atoms with Gasteiger partial charge in [-0.1, -0.05) is 47.8 Å². The van der Waals surface area contributed by atoms with Gasteiger partial charge < -0.3 is 5.11 Å². The summed E-state index contributed by atoms with van der Waals surface area (Å²) in [7, 11) is 0. The normalized spacial score (nSPS) is 12.8. The highest BCUT2D eigenvalue weighted by atomic mass is 79.9. The molecule has 0 aromatic heterocycles. The van der Waals surface area contributed by atoms with Crippen LogP contribution in [0.2, 0.25) is 0 Å². The maximum Gasteiger partial charge on any atom is 0.0790 e. The molecule has 0 aliphatic carbocycles. The van der Waals surface area contributed by atoms with Gasteiger partial charge in [0.05, 0.1) is 6.10 Å². The molecular formula is C11H15BrO. The Morgan fingerprint density at radius 1 is 1.46 bits per heavy atom. The Hall–Kier alpha value is -0.340. The molecule has 0 unspecified atom stereocenters. The Morgan fingerprint density at radius 2 is 2.23 bits per heavy atom. The number of unbranched alkanes of at least 4 members (excludes halogenated alkanes) is 1. The van der Waals surface area contributed by atoms with Gasteiger partial charge in [-0.3, -0.25) is 0 Å². The lowest BCUT2D eigenvalue weighted by atomic mass is 10.0. The van der Waals surface area contributed by atoms with E-state index in [1.54, 1.807) is 0 Å². The first-order valence-electron chi connectivity index (χ1n) is 4.67. The first-order chi connectivity index (χ1) is 6.24. The van der Waals surface area contributed by atoms with E-state index in [1.807, 2.05) is 24.3 Å². The van der Waals surface area contributed by atoms with Gasteiger partial charge >= 0.3 is 0 Å². The zero-order chi connectivity index (χ0) is 9.68. The van der Waals surface area contributed by atoms with Gasteiger partial charge in [0, 0.05) is 4.47 Å². The van der Waals surface area contributed by atoms with E-state index >= 15 is 0 Å². The summed E-state index contributed by atoms with van der Waals surface area (Å²) in [4.78, 5) is 0. The smallest absolute Gasteiger partial charge is 0.0790 e. The molecule has 1 aromatic rings. The van der Waals surface area contributed by atoms with Crippen molar-refractivity contribution in [2.45, 2.75) is 32.3 Å². The van der Waals surface area contributed by atoms with Gasteiger partial charge in [0.15, 0.2) is 0 Å². The maximum atomic E-state index is 9.76. The number of hydrogen-bond donors (Lipinski definition) is 1. The minimum absolute atomic E-state index is 0.308. The third-order valence-corrected chi connectivity index (χ3v) is 2.56. The molecule has 2 heteroatoms. The molecule has 0 aliphatic heterocycles. The van der Waals surface area contributed by atoms with Gasteiger partial charge in [-0.15, -0.1) is 0 Å². The molecular weight excluding hydrogens is 228 g/mol. The van der Waals surface area contributed by atoms with Crippen LogP contribution >= 0.6 is 15.9 Å². The summed E-state index contributed by atoms with van der Waals surface area (Å²) in [6.07, 6.45) is 2.75. The summed E-state index contributed by atoms with van der Waals surface area (Å²) in [6, 6.07) is 7.86. The zero-order valence-electron chi connectivity index (χ0n) is 7.83. The molecule has 13 heavy (non-hydrogen) atoms.